The van der Waals surface area contributed by atoms with E-state index in [2.05, 4.69) is 5.32 Å². The first-order valence-electron chi connectivity index (χ1n) is 9.37. The molecule has 3 rings (SSSR count). The second-order valence-electron chi connectivity index (χ2n) is 6.42. The average molecular weight is 400 g/mol. The van der Waals surface area contributed by atoms with E-state index in [1.165, 1.54) is 13.0 Å². The third-order valence-corrected chi connectivity index (χ3v) is 4.28. The smallest absolute Gasteiger partial charge is 0.266 e. The van der Waals surface area contributed by atoms with Crippen molar-refractivity contribution in [2.75, 3.05) is 11.9 Å². The molecule has 3 aromatic rings. The minimum atomic E-state index is -0.537. The van der Waals surface area contributed by atoms with Crippen LogP contribution >= 0.6 is 0 Å². The fraction of sp³-hybridized carbons (Fsp3) is 0.125. The van der Waals surface area contributed by atoms with E-state index in [9.17, 15) is 14.9 Å². The largest absolute Gasteiger partial charge is 0.494 e. The monoisotopic (exact) mass is 400 g/mol. The predicted molar refractivity (Wildman–Crippen MR) is 114 cm³/mol. The number of benzene rings is 2. The number of amides is 1. The number of hydrogen-bond acceptors (Lipinski definition) is 5. The molecule has 0 fully saturated rings. The highest BCUT2D eigenvalue weighted by Gasteiger charge is 2.12. The highest BCUT2D eigenvalue weighted by molar-refractivity contribution is 6.09. The molecule has 1 aromatic heterocycles. The van der Waals surface area contributed by atoms with Crippen LogP contribution in [0.3, 0.4) is 0 Å². The summed E-state index contributed by atoms with van der Waals surface area (Å²) in [6.07, 6.45) is 1.39. The summed E-state index contributed by atoms with van der Waals surface area (Å²) < 4.78 is 11.1. The number of hydrogen-bond donors (Lipinski definition) is 1. The zero-order valence-electron chi connectivity index (χ0n) is 16.6. The van der Waals surface area contributed by atoms with E-state index in [1.807, 2.05) is 13.0 Å². The zero-order chi connectivity index (χ0) is 21.5. The topological polar surface area (TPSA) is 92.3 Å². The quantitative estimate of drug-likeness (QED) is 0.339. The fourth-order valence-electron chi connectivity index (χ4n) is 2.75. The lowest BCUT2D eigenvalue weighted by Crippen LogP contribution is -2.13. The molecular weight excluding hydrogens is 380 g/mol. The predicted octanol–water partition coefficient (Wildman–Crippen LogP) is 5.09. The molecule has 1 heterocycles. The van der Waals surface area contributed by atoms with Crippen LogP contribution in [0.4, 0.5) is 5.69 Å². The molecule has 0 saturated carbocycles. The maximum Gasteiger partial charge on any atom is 0.266 e. The second-order valence-corrected chi connectivity index (χ2v) is 6.42. The normalized spacial score (nSPS) is 10.9. The summed E-state index contributed by atoms with van der Waals surface area (Å²) in [5, 5.41) is 12.1. The number of ether oxygens (including phenoxy) is 1. The van der Waals surface area contributed by atoms with Crippen molar-refractivity contribution in [3.8, 4) is 23.1 Å². The van der Waals surface area contributed by atoms with E-state index in [-0.39, 0.29) is 11.4 Å². The molecule has 30 heavy (non-hydrogen) atoms. The van der Waals surface area contributed by atoms with Gasteiger partial charge in [0, 0.05) is 22.9 Å². The van der Waals surface area contributed by atoms with Gasteiger partial charge in [-0.15, -0.1) is 0 Å². The summed E-state index contributed by atoms with van der Waals surface area (Å²) in [5.41, 5.74) is 1.87. The van der Waals surface area contributed by atoms with Crippen LogP contribution in [0.5, 0.6) is 5.75 Å². The molecule has 0 saturated heterocycles. The molecule has 0 spiro atoms. The van der Waals surface area contributed by atoms with E-state index in [0.29, 0.717) is 35.1 Å². The number of Topliss-reactive ketones (excluding diaryl/α,β-unsaturated/α-hetero) is 1. The highest BCUT2D eigenvalue weighted by atomic mass is 16.5. The lowest BCUT2D eigenvalue weighted by atomic mass is 10.1. The van der Waals surface area contributed by atoms with Gasteiger partial charge in [-0.3, -0.25) is 9.59 Å². The standard InChI is InChI=1S/C24H20N2O4/c1-3-29-21-10-8-20(9-11-21)26-24(28)19(15-25)14-22-12-13-23(30-22)18-6-4-17(5-7-18)16(2)27/h4-14H,3H2,1-2H3,(H,26,28)/b19-14-. The molecule has 0 atom stereocenters. The zero-order valence-corrected chi connectivity index (χ0v) is 16.6. The van der Waals surface area contributed by atoms with E-state index in [1.54, 1.807) is 60.7 Å². The second kappa shape index (κ2) is 9.39. The Morgan fingerprint density at radius 3 is 2.37 bits per heavy atom. The van der Waals surface area contributed by atoms with E-state index < -0.39 is 5.91 Å². The van der Waals surface area contributed by atoms with Gasteiger partial charge >= 0.3 is 0 Å². The van der Waals surface area contributed by atoms with Gasteiger partial charge in [-0.1, -0.05) is 24.3 Å². The van der Waals surface area contributed by atoms with Gasteiger partial charge in [-0.2, -0.15) is 5.26 Å². The van der Waals surface area contributed by atoms with Crippen LogP contribution in [-0.4, -0.2) is 18.3 Å². The van der Waals surface area contributed by atoms with Gasteiger partial charge in [0.05, 0.1) is 6.61 Å². The first-order chi connectivity index (χ1) is 14.5. The van der Waals surface area contributed by atoms with Crippen LogP contribution < -0.4 is 10.1 Å². The van der Waals surface area contributed by atoms with Gasteiger partial charge in [-0.05, 0) is 50.2 Å². The summed E-state index contributed by atoms with van der Waals surface area (Å²) in [6, 6.07) is 19.2. The Hall–Kier alpha value is -4.11. The number of carbonyl (C=O) groups is 2. The Bertz CT molecular complexity index is 1120. The number of nitrogens with zero attached hydrogens (tertiary/aromatic N) is 1. The van der Waals surface area contributed by atoms with Crippen LogP contribution in [0.15, 0.2) is 70.7 Å². The maximum absolute atomic E-state index is 12.4. The third-order valence-electron chi connectivity index (χ3n) is 4.28. The Kier molecular flexibility index (Phi) is 6.46. The number of furan rings is 1. The number of anilines is 1. The summed E-state index contributed by atoms with van der Waals surface area (Å²) >= 11 is 0. The third kappa shape index (κ3) is 5.03. The molecule has 6 nitrogen and oxygen atoms in total. The van der Waals surface area contributed by atoms with Crippen molar-refractivity contribution in [1.29, 1.82) is 5.26 Å². The minimum Gasteiger partial charge on any atom is -0.494 e. The molecule has 2 aromatic carbocycles. The molecule has 1 N–H and O–H groups in total. The molecule has 150 valence electrons. The van der Waals surface area contributed by atoms with Crippen LogP contribution in [0.25, 0.3) is 17.4 Å². The minimum absolute atomic E-state index is 0.0122. The van der Waals surface area contributed by atoms with Crippen LogP contribution in [0.1, 0.15) is 30.0 Å². The van der Waals surface area contributed by atoms with Gasteiger partial charge in [0.2, 0.25) is 0 Å². The van der Waals surface area contributed by atoms with E-state index >= 15 is 0 Å². The molecule has 0 unspecified atom stereocenters. The molecule has 0 aliphatic carbocycles. The Labute approximate surface area is 174 Å². The van der Waals surface area contributed by atoms with Crippen molar-refractivity contribution in [2.24, 2.45) is 0 Å². The van der Waals surface area contributed by atoms with Crippen LogP contribution in [0, 0.1) is 11.3 Å². The molecule has 0 aliphatic heterocycles. The molecule has 6 heteroatoms. The number of nitriles is 1. The average Bonchev–Trinajstić information content (AvgIpc) is 3.22. The lowest BCUT2D eigenvalue weighted by molar-refractivity contribution is -0.112. The lowest BCUT2D eigenvalue weighted by Gasteiger charge is -2.06. The van der Waals surface area contributed by atoms with Crippen molar-refractivity contribution in [3.63, 3.8) is 0 Å². The Balaban J connectivity index is 1.73. The first kappa shape index (κ1) is 20.6. The summed E-state index contributed by atoms with van der Waals surface area (Å²) in [4.78, 5) is 23.8. The molecule has 1 amide bonds. The van der Waals surface area contributed by atoms with Crippen LogP contribution in [-0.2, 0) is 4.79 Å². The van der Waals surface area contributed by atoms with Gasteiger partial charge in [0.1, 0.15) is 28.9 Å². The number of carbonyl (C=O) groups excluding carboxylic acids is 2. The first-order valence-corrected chi connectivity index (χ1v) is 9.37. The summed E-state index contributed by atoms with van der Waals surface area (Å²) in [5.74, 6) is 1.10. The van der Waals surface area contributed by atoms with Crippen molar-refractivity contribution in [3.05, 3.63) is 77.6 Å². The van der Waals surface area contributed by atoms with Crippen molar-refractivity contribution >= 4 is 23.5 Å². The van der Waals surface area contributed by atoms with Gasteiger partial charge in [-0.25, -0.2) is 0 Å². The van der Waals surface area contributed by atoms with Gasteiger partial charge in [0.15, 0.2) is 5.78 Å². The van der Waals surface area contributed by atoms with Gasteiger partial charge < -0.3 is 14.5 Å². The highest BCUT2D eigenvalue weighted by Crippen LogP contribution is 2.24. The fourth-order valence-corrected chi connectivity index (χ4v) is 2.75. The maximum atomic E-state index is 12.4. The van der Waals surface area contributed by atoms with E-state index in [4.69, 9.17) is 9.15 Å². The summed E-state index contributed by atoms with van der Waals surface area (Å²) in [7, 11) is 0. The van der Waals surface area contributed by atoms with Crippen LogP contribution in [0.2, 0.25) is 0 Å². The number of nitrogens with one attached hydrogen (secondary N) is 1. The van der Waals surface area contributed by atoms with E-state index in [0.717, 1.165) is 5.56 Å². The van der Waals surface area contributed by atoms with Gasteiger partial charge in [0.25, 0.3) is 5.91 Å². The summed E-state index contributed by atoms with van der Waals surface area (Å²) in [6.45, 7) is 3.95. The molecule has 0 radical (unpaired) electrons. The molecular formula is C24H20N2O4. The SMILES string of the molecule is CCOc1ccc(NC(=O)/C(C#N)=C\c2ccc(-c3ccc(C(C)=O)cc3)o2)cc1. The van der Waals surface area contributed by atoms with Crippen molar-refractivity contribution in [2.45, 2.75) is 13.8 Å². The number of ketones is 1. The van der Waals surface area contributed by atoms with Crippen molar-refractivity contribution in [1.82, 2.24) is 0 Å². The Morgan fingerprint density at radius 2 is 1.77 bits per heavy atom. The Morgan fingerprint density at radius 1 is 1.07 bits per heavy atom. The number of rotatable bonds is 7. The van der Waals surface area contributed by atoms with Crippen molar-refractivity contribution < 1.29 is 18.7 Å². The molecule has 0 bridgehead atoms. The molecule has 0 aliphatic rings.